The van der Waals surface area contributed by atoms with Gasteiger partial charge in [0.05, 0.1) is 6.61 Å². The number of hydrogen-bond donors (Lipinski definition) is 2. The molecule has 1 aliphatic rings. The van der Waals surface area contributed by atoms with E-state index in [2.05, 4.69) is 5.16 Å². The molecular formula is C12H19N3O3. The second-order valence-corrected chi connectivity index (χ2v) is 4.64. The minimum absolute atomic E-state index is 0.0698. The molecule has 100 valence electrons. The molecule has 6 nitrogen and oxygen atoms in total. The number of hydrogen-bond acceptors (Lipinski definition) is 5. The van der Waals surface area contributed by atoms with E-state index in [1.165, 1.54) is 0 Å². The van der Waals surface area contributed by atoms with Gasteiger partial charge in [0.1, 0.15) is 0 Å². The third-order valence-electron chi connectivity index (χ3n) is 3.26. The lowest BCUT2D eigenvalue weighted by molar-refractivity contribution is 0.283. The first-order chi connectivity index (χ1) is 8.72. The maximum Gasteiger partial charge on any atom is 0.441 e. The van der Waals surface area contributed by atoms with E-state index in [1.54, 1.807) is 10.6 Å². The second kappa shape index (κ2) is 5.97. The lowest BCUT2D eigenvalue weighted by atomic mass is 10.1. The average molecular weight is 253 g/mol. The van der Waals surface area contributed by atoms with Gasteiger partial charge in [-0.05, 0) is 19.3 Å². The van der Waals surface area contributed by atoms with Crippen molar-refractivity contribution in [3.63, 3.8) is 0 Å². The van der Waals surface area contributed by atoms with E-state index in [9.17, 15) is 4.79 Å². The summed E-state index contributed by atoms with van der Waals surface area (Å²) in [5.41, 5.74) is 5.59. The standard InChI is InChI=1S/C12H19N3O3/c13-9(8-16)4-3-6-10-5-1-2-7-11-14-18-12(17)15(10)11/h3-4,9-10,16H,1-2,5-8,13H2/b4-3-/t9-,10?/m1/s1. The Labute approximate surface area is 105 Å². The van der Waals surface area contributed by atoms with Crippen LogP contribution in [0.25, 0.3) is 0 Å². The molecule has 2 heterocycles. The van der Waals surface area contributed by atoms with Crippen LogP contribution in [-0.4, -0.2) is 27.5 Å². The van der Waals surface area contributed by atoms with Gasteiger partial charge in [0.2, 0.25) is 0 Å². The van der Waals surface area contributed by atoms with Crippen molar-refractivity contribution in [2.75, 3.05) is 6.61 Å². The Bertz CT molecular complexity index is 463. The van der Waals surface area contributed by atoms with Crippen LogP contribution >= 0.6 is 0 Å². The zero-order valence-electron chi connectivity index (χ0n) is 10.3. The van der Waals surface area contributed by atoms with Crippen LogP contribution in [0.3, 0.4) is 0 Å². The number of aliphatic hydroxyl groups is 1. The van der Waals surface area contributed by atoms with Gasteiger partial charge in [0.25, 0.3) is 0 Å². The van der Waals surface area contributed by atoms with Crippen LogP contribution in [0.5, 0.6) is 0 Å². The van der Waals surface area contributed by atoms with Gasteiger partial charge in [0, 0.05) is 18.5 Å². The van der Waals surface area contributed by atoms with Crippen molar-refractivity contribution in [1.82, 2.24) is 9.72 Å². The fraction of sp³-hybridized carbons (Fsp3) is 0.667. The fourth-order valence-electron chi connectivity index (χ4n) is 2.30. The average Bonchev–Trinajstić information content (AvgIpc) is 2.61. The van der Waals surface area contributed by atoms with Gasteiger partial charge in [-0.2, -0.15) is 0 Å². The summed E-state index contributed by atoms with van der Waals surface area (Å²) in [6.45, 7) is -0.0698. The van der Waals surface area contributed by atoms with Crippen LogP contribution in [-0.2, 0) is 6.42 Å². The predicted molar refractivity (Wildman–Crippen MR) is 66.2 cm³/mol. The number of aliphatic hydroxyl groups excluding tert-OH is 1. The van der Waals surface area contributed by atoms with Gasteiger partial charge in [-0.15, -0.1) is 0 Å². The van der Waals surface area contributed by atoms with Crippen molar-refractivity contribution in [3.05, 3.63) is 28.5 Å². The van der Waals surface area contributed by atoms with Crippen molar-refractivity contribution >= 4 is 0 Å². The monoisotopic (exact) mass is 253 g/mol. The number of aryl methyl sites for hydroxylation is 1. The van der Waals surface area contributed by atoms with Crippen molar-refractivity contribution < 1.29 is 9.63 Å². The Kier molecular flexibility index (Phi) is 4.33. The molecule has 2 atom stereocenters. The predicted octanol–water partition coefficient (Wildman–Crippen LogP) is 0.370. The number of aromatic nitrogens is 2. The third-order valence-corrected chi connectivity index (χ3v) is 3.26. The lowest BCUT2D eigenvalue weighted by Crippen LogP contribution is -2.23. The summed E-state index contributed by atoms with van der Waals surface area (Å²) in [4.78, 5) is 11.6. The van der Waals surface area contributed by atoms with Crippen molar-refractivity contribution in [3.8, 4) is 0 Å². The summed E-state index contributed by atoms with van der Waals surface area (Å²) in [5.74, 6) is 0.360. The SMILES string of the molecule is N[C@H](/C=C\CC1CCCCc2noc(=O)n21)CO. The highest BCUT2D eigenvalue weighted by Crippen LogP contribution is 2.24. The first-order valence-corrected chi connectivity index (χ1v) is 6.32. The van der Waals surface area contributed by atoms with Crippen LogP contribution in [0.15, 0.2) is 21.5 Å². The van der Waals surface area contributed by atoms with Crippen molar-refractivity contribution in [1.29, 1.82) is 0 Å². The largest absolute Gasteiger partial charge is 0.441 e. The van der Waals surface area contributed by atoms with Gasteiger partial charge in [-0.3, -0.25) is 9.09 Å². The molecule has 0 fully saturated rings. The first-order valence-electron chi connectivity index (χ1n) is 6.32. The number of fused-ring (bicyclic) bond motifs is 1. The zero-order chi connectivity index (χ0) is 13.0. The minimum Gasteiger partial charge on any atom is -0.394 e. The van der Waals surface area contributed by atoms with Gasteiger partial charge in [0.15, 0.2) is 5.82 Å². The maximum atomic E-state index is 11.6. The molecule has 0 saturated carbocycles. The van der Waals surface area contributed by atoms with Crippen LogP contribution in [0.2, 0.25) is 0 Å². The van der Waals surface area contributed by atoms with E-state index < -0.39 is 0 Å². The maximum absolute atomic E-state index is 11.6. The molecule has 1 aromatic rings. The molecule has 1 aliphatic heterocycles. The van der Waals surface area contributed by atoms with E-state index >= 15 is 0 Å². The Hall–Kier alpha value is -1.40. The Morgan fingerprint density at radius 1 is 1.61 bits per heavy atom. The molecule has 0 spiro atoms. The summed E-state index contributed by atoms with van der Waals surface area (Å²) in [6.07, 6.45) is 8.23. The fourth-order valence-corrected chi connectivity index (χ4v) is 2.30. The number of rotatable bonds is 4. The molecule has 6 heteroatoms. The van der Waals surface area contributed by atoms with E-state index in [1.807, 2.05) is 6.08 Å². The van der Waals surface area contributed by atoms with Crippen LogP contribution in [0, 0.1) is 0 Å². The lowest BCUT2D eigenvalue weighted by Gasteiger charge is -2.13. The summed E-state index contributed by atoms with van der Waals surface area (Å²) < 4.78 is 6.38. The van der Waals surface area contributed by atoms with Crippen LogP contribution < -0.4 is 11.5 Å². The quantitative estimate of drug-likeness (QED) is 0.756. The zero-order valence-corrected chi connectivity index (χ0v) is 10.3. The molecule has 0 aromatic carbocycles. The molecule has 0 aliphatic carbocycles. The smallest absolute Gasteiger partial charge is 0.394 e. The number of nitrogens with two attached hydrogens (primary N) is 1. The van der Waals surface area contributed by atoms with Gasteiger partial charge >= 0.3 is 5.76 Å². The molecular weight excluding hydrogens is 234 g/mol. The minimum atomic E-state index is -0.378. The molecule has 1 aromatic heterocycles. The number of nitrogens with zero attached hydrogens (tertiary/aromatic N) is 2. The third kappa shape index (κ3) is 2.88. The topological polar surface area (TPSA) is 94.3 Å². The van der Waals surface area contributed by atoms with Gasteiger partial charge in [-0.25, -0.2) is 4.79 Å². The highest BCUT2D eigenvalue weighted by Gasteiger charge is 2.21. The van der Waals surface area contributed by atoms with E-state index in [-0.39, 0.29) is 24.4 Å². The summed E-state index contributed by atoms with van der Waals surface area (Å²) in [6, 6.07) is -0.252. The molecule has 0 radical (unpaired) electrons. The molecule has 0 bridgehead atoms. The van der Waals surface area contributed by atoms with Gasteiger partial charge in [-0.1, -0.05) is 23.7 Å². The molecule has 2 rings (SSSR count). The molecule has 1 unspecified atom stereocenters. The van der Waals surface area contributed by atoms with Crippen LogP contribution in [0.1, 0.15) is 37.5 Å². The highest BCUT2D eigenvalue weighted by molar-refractivity contribution is 4.97. The number of allylic oxidation sites excluding steroid dienone is 1. The Morgan fingerprint density at radius 3 is 3.22 bits per heavy atom. The summed E-state index contributed by atoms with van der Waals surface area (Å²) >= 11 is 0. The second-order valence-electron chi connectivity index (χ2n) is 4.64. The summed E-state index contributed by atoms with van der Waals surface area (Å²) in [5, 5.41) is 12.6. The molecule has 18 heavy (non-hydrogen) atoms. The molecule has 0 amide bonds. The summed E-state index contributed by atoms with van der Waals surface area (Å²) in [7, 11) is 0. The van der Waals surface area contributed by atoms with E-state index in [4.69, 9.17) is 15.4 Å². The normalized spacial score (nSPS) is 21.8. The van der Waals surface area contributed by atoms with E-state index in [0.717, 1.165) is 31.5 Å². The molecule has 0 saturated heterocycles. The van der Waals surface area contributed by atoms with Gasteiger partial charge < -0.3 is 10.8 Å². The van der Waals surface area contributed by atoms with Crippen molar-refractivity contribution in [2.24, 2.45) is 5.73 Å². The molecule has 3 N–H and O–H groups in total. The van der Waals surface area contributed by atoms with Crippen molar-refractivity contribution in [2.45, 2.75) is 44.2 Å². The first kappa shape index (κ1) is 13.0. The van der Waals surface area contributed by atoms with Crippen LogP contribution in [0.4, 0.5) is 0 Å². The Morgan fingerprint density at radius 2 is 2.44 bits per heavy atom. The van der Waals surface area contributed by atoms with E-state index in [0.29, 0.717) is 6.42 Å². The Balaban J connectivity index is 2.10. The highest BCUT2D eigenvalue weighted by atomic mass is 16.5.